The van der Waals surface area contributed by atoms with Crippen LogP contribution in [0.4, 0.5) is 17.3 Å². The lowest BCUT2D eigenvalue weighted by molar-refractivity contribution is -0.115. The van der Waals surface area contributed by atoms with Crippen LogP contribution < -0.4 is 10.6 Å². The molecule has 1 amide bonds. The molecule has 8 nitrogen and oxygen atoms in total. The molecule has 26 heavy (non-hydrogen) atoms. The number of nitrogens with zero attached hydrogens (tertiary/aromatic N) is 4. The summed E-state index contributed by atoms with van der Waals surface area (Å²) in [6, 6.07) is 13.1. The molecule has 3 heterocycles. The van der Waals surface area contributed by atoms with Crippen LogP contribution in [0.15, 0.2) is 53.3 Å². The molecule has 2 aromatic heterocycles. The summed E-state index contributed by atoms with van der Waals surface area (Å²) in [5, 5.41) is 13.8. The zero-order valence-corrected chi connectivity index (χ0v) is 13.4. The molecule has 8 heteroatoms. The minimum Gasteiger partial charge on any atom is -0.325 e. The highest BCUT2D eigenvalue weighted by Crippen LogP contribution is 2.33. The van der Waals surface area contributed by atoms with E-state index in [-0.39, 0.29) is 12.3 Å². The molecule has 0 radical (unpaired) electrons. The highest BCUT2D eigenvalue weighted by molar-refractivity contribution is 6.00. The monoisotopic (exact) mass is 344 g/mol. The van der Waals surface area contributed by atoms with Crippen LogP contribution in [-0.4, -0.2) is 26.2 Å². The van der Waals surface area contributed by atoms with Crippen molar-refractivity contribution in [1.82, 2.24) is 20.3 Å². The molecule has 0 spiro atoms. The van der Waals surface area contributed by atoms with Crippen LogP contribution in [0.1, 0.15) is 5.56 Å². The molecule has 0 saturated carbocycles. The van der Waals surface area contributed by atoms with Crippen LogP contribution >= 0.6 is 0 Å². The molecule has 2 N–H and O–H groups in total. The molecule has 2 aromatic carbocycles. The lowest BCUT2D eigenvalue weighted by atomic mass is 10.1. The summed E-state index contributed by atoms with van der Waals surface area (Å²) in [6.45, 7) is 0. The van der Waals surface area contributed by atoms with Gasteiger partial charge in [-0.1, -0.05) is 24.3 Å². The first-order valence-electron chi connectivity index (χ1n) is 8.01. The number of anilines is 3. The van der Waals surface area contributed by atoms with Crippen molar-refractivity contribution in [3.63, 3.8) is 0 Å². The molecule has 5 rings (SSSR count). The zero-order valence-electron chi connectivity index (χ0n) is 13.4. The number of carbonyl (C=O) groups excluding carboxylic acids is 1. The van der Waals surface area contributed by atoms with Crippen LogP contribution in [0.3, 0.4) is 0 Å². The Labute approximate surface area is 147 Å². The third-order valence-electron chi connectivity index (χ3n) is 4.20. The van der Waals surface area contributed by atoms with E-state index in [1.165, 1.54) is 0 Å². The normalized spacial score (nSPS) is 12.8. The van der Waals surface area contributed by atoms with Gasteiger partial charge in [0.1, 0.15) is 5.52 Å². The van der Waals surface area contributed by atoms with Crippen LogP contribution in [0, 0.1) is 0 Å². The van der Waals surface area contributed by atoms with E-state index in [1.54, 1.807) is 6.20 Å². The standard InChI is InChI=1S/C18H12N6O2/c25-15-8-10-9-19-18(21-13-6-3-7-14-17(13)24-26-23-14)22-16(10)11-4-1-2-5-12(11)20-15/h1-7,9H,8H2,(H,20,25)(H,19,21,22). The highest BCUT2D eigenvalue weighted by atomic mass is 16.6. The number of amides is 1. The Morgan fingerprint density at radius 1 is 1.08 bits per heavy atom. The first-order chi connectivity index (χ1) is 12.8. The van der Waals surface area contributed by atoms with Crippen molar-refractivity contribution in [3.05, 3.63) is 54.2 Å². The molecular weight excluding hydrogens is 332 g/mol. The molecule has 0 bridgehead atoms. The van der Waals surface area contributed by atoms with Gasteiger partial charge in [0.2, 0.25) is 11.9 Å². The maximum atomic E-state index is 12.1. The fraction of sp³-hybridized carbons (Fsp3) is 0.0556. The topological polar surface area (TPSA) is 106 Å². The van der Waals surface area contributed by atoms with E-state index in [0.717, 1.165) is 22.5 Å². The average molecular weight is 344 g/mol. The van der Waals surface area contributed by atoms with Gasteiger partial charge in [-0.2, -0.15) is 0 Å². The van der Waals surface area contributed by atoms with E-state index < -0.39 is 0 Å². The van der Waals surface area contributed by atoms with Gasteiger partial charge in [0.15, 0.2) is 5.52 Å². The maximum absolute atomic E-state index is 12.1. The first-order valence-corrected chi connectivity index (χ1v) is 8.01. The third kappa shape index (κ3) is 2.35. The van der Waals surface area contributed by atoms with E-state index in [9.17, 15) is 4.79 Å². The molecule has 4 aromatic rings. The van der Waals surface area contributed by atoms with Crippen molar-refractivity contribution >= 4 is 34.3 Å². The Kier molecular flexibility index (Phi) is 3.14. The average Bonchev–Trinajstić information content (AvgIpc) is 3.08. The molecule has 0 fully saturated rings. The predicted octanol–water partition coefficient (Wildman–Crippen LogP) is 2.92. The minimum atomic E-state index is -0.0843. The van der Waals surface area contributed by atoms with Gasteiger partial charge in [-0.05, 0) is 28.5 Å². The summed E-state index contributed by atoms with van der Waals surface area (Å²) in [5.74, 6) is 0.322. The number of nitrogens with one attached hydrogen (secondary N) is 2. The van der Waals surface area contributed by atoms with Gasteiger partial charge < -0.3 is 10.6 Å². The van der Waals surface area contributed by atoms with Crippen molar-refractivity contribution in [3.8, 4) is 11.3 Å². The summed E-state index contributed by atoms with van der Waals surface area (Å²) < 4.78 is 4.78. The largest absolute Gasteiger partial charge is 0.325 e. The quantitative estimate of drug-likeness (QED) is 0.576. The summed E-state index contributed by atoms with van der Waals surface area (Å²) in [7, 11) is 0. The Morgan fingerprint density at radius 2 is 2.00 bits per heavy atom. The van der Waals surface area contributed by atoms with Gasteiger partial charge in [-0.3, -0.25) is 4.79 Å². The Morgan fingerprint density at radius 3 is 2.96 bits per heavy atom. The molecule has 0 aliphatic carbocycles. The number of para-hydroxylation sites is 1. The second-order valence-electron chi connectivity index (χ2n) is 5.90. The second kappa shape index (κ2) is 5.62. The van der Waals surface area contributed by atoms with Gasteiger partial charge in [0, 0.05) is 17.3 Å². The van der Waals surface area contributed by atoms with Crippen molar-refractivity contribution in [2.24, 2.45) is 0 Å². The lowest BCUT2D eigenvalue weighted by Crippen LogP contribution is -2.12. The Balaban J connectivity index is 1.61. The van der Waals surface area contributed by atoms with Gasteiger partial charge in [-0.25, -0.2) is 14.6 Å². The van der Waals surface area contributed by atoms with Crippen LogP contribution in [0.5, 0.6) is 0 Å². The number of fused-ring (bicyclic) bond motifs is 4. The molecule has 1 aliphatic rings. The van der Waals surface area contributed by atoms with E-state index in [2.05, 4.69) is 30.9 Å². The SMILES string of the molecule is O=C1Cc2cnc(Nc3cccc4nonc34)nc2-c2ccccc2N1. The summed E-state index contributed by atoms with van der Waals surface area (Å²) in [5.41, 5.74) is 5.04. The van der Waals surface area contributed by atoms with E-state index in [0.29, 0.717) is 22.7 Å². The number of hydrogen-bond acceptors (Lipinski definition) is 7. The molecular formula is C18H12N6O2. The van der Waals surface area contributed by atoms with Crippen molar-refractivity contribution in [1.29, 1.82) is 0 Å². The van der Waals surface area contributed by atoms with Crippen molar-refractivity contribution < 1.29 is 9.42 Å². The number of aromatic nitrogens is 4. The molecule has 0 atom stereocenters. The maximum Gasteiger partial charge on any atom is 0.228 e. The zero-order chi connectivity index (χ0) is 17.5. The van der Waals surface area contributed by atoms with E-state index in [1.807, 2.05) is 42.5 Å². The van der Waals surface area contributed by atoms with Gasteiger partial charge in [-0.15, -0.1) is 0 Å². The molecule has 0 saturated heterocycles. The number of rotatable bonds is 2. The number of carbonyl (C=O) groups is 1. The summed E-state index contributed by atoms with van der Waals surface area (Å²) in [6.07, 6.45) is 1.90. The fourth-order valence-corrected chi connectivity index (χ4v) is 3.02. The van der Waals surface area contributed by atoms with E-state index >= 15 is 0 Å². The highest BCUT2D eigenvalue weighted by Gasteiger charge is 2.20. The Hall–Kier alpha value is -3.81. The summed E-state index contributed by atoms with van der Waals surface area (Å²) in [4.78, 5) is 21.1. The van der Waals surface area contributed by atoms with Gasteiger partial charge in [0.05, 0.1) is 23.5 Å². The Bertz CT molecular complexity index is 1150. The van der Waals surface area contributed by atoms with Crippen molar-refractivity contribution in [2.75, 3.05) is 10.6 Å². The van der Waals surface area contributed by atoms with Crippen LogP contribution in [0.25, 0.3) is 22.3 Å². The molecule has 1 aliphatic heterocycles. The van der Waals surface area contributed by atoms with Crippen LogP contribution in [-0.2, 0) is 11.2 Å². The molecule has 0 unspecified atom stereocenters. The number of benzene rings is 2. The molecule has 126 valence electrons. The fourth-order valence-electron chi connectivity index (χ4n) is 3.02. The van der Waals surface area contributed by atoms with Gasteiger partial charge in [0.25, 0.3) is 0 Å². The minimum absolute atomic E-state index is 0.0843. The van der Waals surface area contributed by atoms with Crippen LogP contribution in [0.2, 0.25) is 0 Å². The first kappa shape index (κ1) is 14.5. The van der Waals surface area contributed by atoms with Gasteiger partial charge >= 0.3 is 0 Å². The smallest absolute Gasteiger partial charge is 0.228 e. The third-order valence-corrected chi connectivity index (χ3v) is 4.20. The van der Waals surface area contributed by atoms with Crippen molar-refractivity contribution in [2.45, 2.75) is 6.42 Å². The summed E-state index contributed by atoms with van der Waals surface area (Å²) >= 11 is 0. The predicted molar refractivity (Wildman–Crippen MR) is 94.9 cm³/mol. The second-order valence-corrected chi connectivity index (χ2v) is 5.90. The number of hydrogen-bond donors (Lipinski definition) is 2. The lowest BCUT2D eigenvalue weighted by Gasteiger charge is -2.10. The van der Waals surface area contributed by atoms with E-state index in [4.69, 9.17) is 4.63 Å².